The average molecular weight is 531 g/mol. The third kappa shape index (κ3) is 5.86. The van der Waals surface area contributed by atoms with Gasteiger partial charge in [0.1, 0.15) is 6.54 Å². The van der Waals surface area contributed by atoms with Crippen LogP contribution in [-0.4, -0.2) is 73.2 Å². The minimum atomic E-state index is -3.88. The molecular formula is C27H35ClN4O3S. The molecule has 4 rings (SSSR count). The van der Waals surface area contributed by atoms with Gasteiger partial charge in [-0.3, -0.25) is 4.79 Å². The van der Waals surface area contributed by atoms with Gasteiger partial charge in [-0.25, -0.2) is 8.42 Å². The first-order valence-corrected chi connectivity index (χ1v) is 14.6. The van der Waals surface area contributed by atoms with Gasteiger partial charge in [-0.05, 0) is 81.0 Å². The van der Waals surface area contributed by atoms with E-state index in [9.17, 15) is 18.5 Å². The number of carbonyl (C=O) groups excluding carboxylic acids is 1. The fraction of sp³-hybridized carbons (Fsp3) is 0.556. The maximum absolute atomic E-state index is 13.4. The number of likely N-dealkylation sites (tertiary alicyclic amines) is 2. The van der Waals surface area contributed by atoms with Crippen LogP contribution in [0.4, 0.5) is 0 Å². The van der Waals surface area contributed by atoms with Crippen molar-refractivity contribution in [3.8, 4) is 6.07 Å². The number of hydrogen-bond acceptors (Lipinski definition) is 5. The molecule has 0 radical (unpaired) electrons. The van der Waals surface area contributed by atoms with Crippen LogP contribution >= 0.6 is 11.6 Å². The topological polar surface area (TPSA) is 84.7 Å². The summed E-state index contributed by atoms with van der Waals surface area (Å²) in [6, 6.07) is 13.0. The molecule has 1 atom stereocenters. The van der Waals surface area contributed by atoms with E-state index >= 15 is 0 Å². The summed E-state index contributed by atoms with van der Waals surface area (Å²) in [6.45, 7) is 7.09. The maximum atomic E-state index is 13.4. The molecular weight excluding hydrogens is 496 g/mol. The third-order valence-electron chi connectivity index (χ3n) is 7.64. The van der Waals surface area contributed by atoms with Gasteiger partial charge < -0.3 is 9.80 Å². The molecule has 0 saturated carbocycles. The zero-order valence-electron chi connectivity index (χ0n) is 21.1. The smallest absolute Gasteiger partial charge is 0.244 e. The molecule has 2 aromatic rings. The maximum Gasteiger partial charge on any atom is 0.244 e. The van der Waals surface area contributed by atoms with Crippen molar-refractivity contribution in [2.75, 3.05) is 32.7 Å². The van der Waals surface area contributed by atoms with Gasteiger partial charge in [0.2, 0.25) is 15.9 Å². The molecule has 0 unspecified atom stereocenters. The summed E-state index contributed by atoms with van der Waals surface area (Å²) in [5.41, 5.74) is 0. The van der Waals surface area contributed by atoms with E-state index in [-0.39, 0.29) is 35.9 Å². The first-order valence-electron chi connectivity index (χ1n) is 12.8. The number of nitriles is 1. The number of benzene rings is 2. The summed E-state index contributed by atoms with van der Waals surface area (Å²) in [5.74, 6) is -0.0712. The van der Waals surface area contributed by atoms with E-state index < -0.39 is 10.0 Å². The van der Waals surface area contributed by atoms with Crippen molar-refractivity contribution in [2.24, 2.45) is 5.92 Å². The van der Waals surface area contributed by atoms with Crippen molar-refractivity contribution in [3.05, 3.63) is 41.4 Å². The van der Waals surface area contributed by atoms with Gasteiger partial charge in [-0.15, -0.1) is 0 Å². The molecule has 0 aromatic heterocycles. The number of nitrogens with zero attached hydrogens (tertiary/aromatic N) is 4. The molecule has 7 nitrogen and oxygen atoms in total. The molecule has 2 aromatic carbocycles. The summed E-state index contributed by atoms with van der Waals surface area (Å²) in [5, 5.41) is 11.6. The van der Waals surface area contributed by atoms with Gasteiger partial charge in [-0.1, -0.05) is 23.7 Å². The molecule has 1 amide bonds. The van der Waals surface area contributed by atoms with Gasteiger partial charge in [-0.2, -0.15) is 9.57 Å². The molecule has 2 heterocycles. The molecule has 0 N–H and O–H groups in total. The SMILES string of the molecule is CC(C)N1CCC(N2CCC[C@H](CCN(CC#N)S(=O)(=O)c3ccc4cc(Cl)ccc4c3)C2=O)CC1. The van der Waals surface area contributed by atoms with E-state index in [1.54, 1.807) is 36.4 Å². The molecule has 9 heteroatoms. The highest BCUT2D eigenvalue weighted by Gasteiger charge is 2.36. The van der Waals surface area contributed by atoms with Crippen LogP contribution in [0.25, 0.3) is 10.8 Å². The lowest BCUT2D eigenvalue weighted by Gasteiger charge is -2.43. The molecule has 2 saturated heterocycles. The summed E-state index contributed by atoms with van der Waals surface area (Å²) in [4.78, 5) is 18.0. The Hall–Kier alpha value is -2.18. The van der Waals surface area contributed by atoms with Gasteiger partial charge in [0.05, 0.1) is 11.0 Å². The molecule has 0 spiro atoms. The Morgan fingerprint density at radius 2 is 1.78 bits per heavy atom. The Kier molecular flexibility index (Phi) is 8.56. The molecule has 194 valence electrons. The van der Waals surface area contributed by atoms with Crippen molar-refractivity contribution < 1.29 is 13.2 Å². The second-order valence-electron chi connectivity index (χ2n) is 10.2. The highest BCUT2D eigenvalue weighted by Crippen LogP contribution is 2.29. The number of amides is 1. The van der Waals surface area contributed by atoms with Gasteiger partial charge in [0.15, 0.2) is 0 Å². The zero-order chi connectivity index (χ0) is 25.9. The summed E-state index contributed by atoms with van der Waals surface area (Å²) < 4.78 is 28.1. The Morgan fingerprint density at radius 3 is 2.47 bits per heavy atom. The molecule has 0 aliphatic carbocycles. The lowest BCUT2D eigenvalue weighted by Crippen LogP contribution is -2.52. The van der Waals surface area contributed by atoms with Crippen LogP contribution in [-0.2, 0) is 14.8 Å². The Morgan fingerprint density at radius 1 is 1.08 bits per heavy atom. The van der Waals surface area contributed by atoms with E-state index in [0.29, 0.717) is 17.5 Å². The number of halogens is 1. The lowest BCUT2D eigenvalue weighted by atomic mass is 9.90. The van der Waals surface area contributed by atoms with Crippen molar-refractivity contribution in [3.63, 3.8) is 0 Å². The highest BCUT2D eigenvalue weighted by atomic mass is 35.5. The van der Waals surface area contributed by atoms with E-state index in [4.69, 9.17) is 11.6 Å². The Balaban J connectivity index is 1.44. The average Bonchev–Trinajstić information content (AvgIpc) is 2.87. The number of hydrogen-bond donors (Lipinski definition) is 0. The van der Waals surface area contributed by atoms with Crippen molar-refractivity contribution in [1.82, 2.24) is 14.1 Å². The van der Waals surface area contributed by atoms with E-state index in [0.717, 1.165) is 56.1 Å². The fourth-order valence-electron chi connectivity index (χ4n) is 5.49. The molecule has 2 aliphatic rings. The number of carbonyl (C=O) groups is 1. The third-order valence-corrected chi connectivity index (χ3v) is 9.72. The van der Waals surface area contributed by atoms with Crippen LogP contribution < -0.4 is 0 Å². The molecule has 2 fully saturated rings. The quantitative estimate of drug-likeness (QED) is 0.469. The van der Waals surface area contributed by atoms with Gasteiger partial charge >= 0.3 is 0 Å². The van der Waals surface area contributed by atoms with E-state index in [1.165, 1.54) is 4.31 Å². The minimum Gasteiger partial charge on any atom is -0.339 e. The largest absolute Gasteiger partial charge is 0.339 e. The van der Waals surface area contributed by atoms with Crippen LogP contribution in [0.1, 0.15) is 46.0 Å². The second kappa shape index (κ2) is 11.5. The van der Waals surface area contributed by atoms with Crippen LogP contribution in [0, 0.1) is 17.2 Å². The number of sulfonamides is 1. The van der Waals surface area contributed by atoms with E-state index in [2.05, 4.69) is 18.7 Å². The van der Waals surface area contributed by atoms with Crippen LogP contribution in [0.5, 0.6) is 0 Å². The second-order valence-corrected chi connectivity index (χ2v) is 12.5. The first kappa shape index (κ1) is 26.9. The molecule has 0 bridgehead atoms. The normalized spacial score (nSPS) is 20.4. The summed E-state index contributed by atoms with van der Waals surface area (Å²) >= 11 is 6.05. The monoisotopic (exact) mass is 530 g/mol. The minimum absolute atomic E-state index is 0.140. The van der Waals surface area contributed by atoms with Crippen LogP contribution in [0.15, 0.2) is 41.3 Å². The summed E-state index contributed by atoms with van der Waals surface area (Å²) in [6.07, 6.45) is 4.08. The number of piperidine rings is 2. The predicted octanol–water partition coefficient (Wildman–Crippen LogP) is 4.51. The summed E-state index contributed by atoms with van der Waals surface area (Å²) in [7, 11) is -3.88. The van der Waals surface area contributed by atoms with Gasteiger partial charge in [0, 0.05) is 49.2 Å². The highest BCUT2D eigenvalue weighted by molar-refractivity contribution is 7.89. The van der Waals surface area contributed by atoms with Crippen LogP contribution in [0.2, 0.25) is 5.02 Å². The van der Waals surface area contributed by atoms with Crippen molar-refractivity contribution in [2.45, 2.75) is 62.9 Å². The Labute approximate surface area is 219 Å². The van der Waals surface area contributed by atoms with E-state index in [1.807, 2.05) is 11.0 Å². The lowest BCUT2D eigenvalue weighted by molar-refractivity contribution is -0.142. The number of rotatable bonds is 8. The Bertz CT molecular complexity index is 1240. The fourth-order valence-corrected chi connectivity index (χ4v) is 7.06. The number of fused-ring (bicyclic) bond motifs is 1. The molecule has 36 heavy (non-hydrogen) atoms. The van der Waals surface area contributed by atoms with Crippen LogP contribution in [0.3, 0.4) is 0 Å². The first-order chi connectivity index (χ1) is 17.2. The van der Waals surface area contributed by atoms with Crippen molar-refractivity contribution >= 4 is 38.3 Å². The van der Waals surface area contributed by atoms with Gasteiger partial charge in [0.25, 0.3) is 0 Å². The zero-order valence-corrected chi connectivity index (χ0v) is 22.6. The van der Waals surface area contributed by atoms with Crippen molar-refractivity contribution in [1.29, 1.82) is 5.26 Å². The molecule has 2 aliphatic heterocycles. The predicted molar refractivity (Wildman–Crippen MR) is 142 cm³/mol. The standard InChI is InChI=1S/C27H35ClN4O3S/c1-20(2)30-14-10-25(11-15-30)32-13-3-4-21(27(32)33)9-16-31(17-12-29)36(34,35)26-8-6-22-18-24(28)7-5-23(22)19-26/h5-8,18-21,25H,3-4,9-11,13-17H2,1-2H3/t21-/m1/s1.